The van der Waals surface area contributed by atoms with Crippen LogP contribution in [-0.2, 0) is 32.8 Å². The molecule has 0 spiro atoms. The van der Waals surface area contributed by atoms with Crippen molar-refractivity contribution >= 4 is 11.8 Å². The Labute approximate surface area is 227 Å². The van der Waals surface area contributed by atoms with Gasteiger partial charge in [0.15, 0.2) is 18.1 Å². The third-order valence-electron chi connectivity index (χ3n) is 6.36. The summed E-state index contributed by atoms with van der Waals surface area (Å²) in [6.07, 6.45) is 1.38. The van der Waals surface area contributed by atoms with Gasteiger partial charge in [-0.15, -0.1) is 0 Å². The van der Waals surface area contributed by atoms with Gasteiger partial charge in [-0.2, -0.15) is 0 Å². The number of nitrogens with zero attached hydrogens (tertiary/aromatic N) is 2. The highest BCUT2D eigenvalue weighted by Gasteiger charge is 2.33. The number of nitrogens with one attached hydrogen (secondary N) is 1. The van der Waals surface area contributed by atoms with Crippen LogP contribution < -0.4 is 5.73 Å². The number of amidine groups is 1. The quantitative estimate of drug-likeness (QED) is 0.174. The van der Waals surface area contributed by atoms with Crippen molar-refractivity contribution in [1.29, 1.82) is 5.41 Å². The van der Waals surface area contributed by atoms with Crippen LogP contribution in [0.15, 0.2) is 60.0 Å². The number of esters is 1. The molecule has 0 aliphatic carbocycles. The van der Waals surface area contributed by atoms with E-state index in [4.69, 9.17) is 25.4 Å². The topological polar surface area (TPSA) is 153 Å². The normalized spacial score (nSPS) is 15.2. The van der Waals surface area contributed by atoms with Gasteiger partial charge >= 0.3 is 12.4 Å². The van der Waals surface area contributed by atoms with E-state index >= 15 is 0 Å². The molecule has 1 aliphatic rings. The van der Waals surface area contributed by atoms with Crippen LogP contribution in [-0.4, -0.2) is 44.7 Å². The van der Waals surface area contributed by atoms with E-state index in [2.05, 4.69) is 4.98 Å². The first-order valence-corrected chi connectivity index (χ1v) is 12.7. The minimum Gasteiger partial charge on any atom is -0.453 e. The van der Waals surface area contributed by atoms with E-state index < -0.39 is 18.0 Å². The summed E-state index contributed by atoms with van der Waals surface area (Å²) in [6.45, 7) is 5.40. The number of aromatic nitrogens is 2. The summed E-state index contributed by atoms with van der Waals surface area (Å²) in [4.78, 5) is 18.1. The molecule has 1 unspecified atom stereocenters. The molecule has 0 saturated carbocycles. The van der Waals surface area contributed by atoms with Crippen LogP contribution in [0.1, 0.15) is 67.2 Å². The number of imidazole rings is 1. The third kappa shape index (κ3) is 6.13. The predicted molar refractivity (Wildman–Crippen MR) is 145 cm³/mol. The second-order valence-corrected chi connectivity index (χ2v) is 9.87. The van der Waals surface area contributed by atoms with Crippen molar-refractivity contribution < 1.29 is 29.2 Å². The molecule has 2 aromatic carbocycles. The molecular weight excluding hydrogens is 500 g/mol. The van der Waals surface area contributed by atoms with Gasteiger partial charge in [0.25, 0.3) is 0 Å². The number of allylic oxidation sites excluding steroid dienone is 1. The van der Waals surface area contributed by atoms with E-state index in [0.29, 0.717) is 30.1 Å². The van der Waals surface area contributed by atoms with Crippen molar-refractivity contribution in [2.24, 2.45) is 5.73 Å². The molecule has 4 rings (SSSR count). The Morgan fingerprint density at radius 2 is 1.87 bits per heavy atom. The number of carbonyl (C=O) groups is 1. The Bertz CT molecular complexity index is 1400. The Balaban J connectivity index is 1.68. The second-order valence-electron chi connectivity index (χ2n) is 9.87. The van der Waals surface area contributed by atoms with E-state index in [1.54, 1.807) is 25.3 Å². The number of benzene rings is 2. The molecule has 0 radical (unpaired) electrons. The largest absolute Gasteiger partial charge is 0.453 e. The number of ether oxygens (including phenoxy) is 3. The first-order chi connectivity index (χ1) is 18.5. The van der Waals surface area contributed by atoms with Gasteiger partial charge in [-0.05, 0) is 43.9 Å². The molecule has 1 aliphatic heterocycles. The maximum atomic E-state index is 13.4. The number of aliphatic hydroxyl groups is 2. The average Bonchev–Trinajstić information content (AvgIpc) is 3.41. The number of aryl methyl sites for hydroxylation is 1. The minimum atomic E-state index is -1.43. The maximum absolute atomic E-state index is 13.4. The Morgan fingerprint density at radius 3 is 2.46 bits per heavy atom. The summed E-state index contributed by atoms with van der Waals surface area (Å²) in [7, 11) is 0. The summed E-state index contributed by atoms with van der Waals surface area (Å²) >= 11 is 0. The molecule has 3 aromatic rings. The third-order valence-corrected chi connectivity index (χ3v) is 6.36. The van der Waals surface area contributed by atoms with Gasteiger partial charge in [0, 0.05) is 18.5 Å². The standard InChI is InChI=1S/C29H34N4O6/c1-5-8-23-32-25(29(3,4)36)24(27(34)37-16-22-17(2)38-28(35)39-22)33(23)15-18-11-13-19(14-12-18)20-9-6-7-10-21(20)26(30)31/h6-7,9-14,28,35-36H,5,8,15-16H2,1-4H3,(H3,30,31). The van der Waals surface area contributed by atoms with Crippen molar-refractivity contribution in [3.63, 3.8) is 0 Å². The SMILES string of the molecule is CCCc1nc(C(C)(C)O)c(C(=O)OCC2=C(C)OC(O)O2)n1Cc1ccc(-c2ccccc2C(=N)N)cc1. The molecule has 10 heteroatoms. The number of hydrogen-bond acceptors (Lipinski definition) is 8. The molecule has 206 valence electrons. The molecule has 0 amide bonds. The molecule has 1 atom stereocenters. The number of nitrogen functional groups attached to an aromatic ring is 1. The molecule has 5 N–H and O–H groups in total. The molecule has 1 aromatic heterocycles. The molecule has 10 nitrogen and oxygen atoms in total. The van der Waals surface area contributed by atoms with Crippen LogP contribution in [0.2, 0.25) is 0 Å². The van der Waals surface area contributed by atoms with Gasteiger partial charge in [0.1, 0.15) is 28.7 Å². The highest BCUT2D eigenvalue weighted by molar-refractivity contribution is 6.01. The van der Waals surface area contributed by atoms with Gasteiger partial charge in [0.2, 0.25) is 0 Å². The van der Waals surface area contributed by atoms with Crippen molar-refractivity contribution in [3.05, 3.63) is 88.4 Å². The Hall–Kier alpha value is -4.15. The van der Waals surface area contributed by atoms with Gasteiger partial charge in [-0.3, -0.25) is 5.41 Å². The zero-order chi connectivity index (χ0) is 28.3. The molecular formula is C29H34N4O6. The van der Waals surface area contributed by atoms with Crippen LogP contribution in [0.25, 0.3) is 11.1 Å². The van der Waals surface area contributed by atoms with E-state index in [9.17, 15) is 15.0 Å². The summed E-state index contributed by atoms with van der Waals surface area (Å²) in [5.41, 5.74) is 8.05. The second kappa shape index (κ2) is 11.3. The maximum Gasteiger partial charge on any atom is 0.358 e. The highest BCUT2D eigenvalue weighted by atomic mass is 16.8. The van der Waals surface area contributed by atoms with Gasteiger partial charge in [-0.1, -0.05) is 55.5 Å². The average molecular weight is 535 g/mol. The Morgan fingerprint density at radius 1 is 1.18 bits per heavy atom. The molecule has 0 bridgehead atoms. The lowest BCUT2D eigenvalue weighted by Gasteiger charge is -2.18. The summed E-state index contributed by atoms with van der Waals surface area (Å²) in [5, 5.41) is 28.3. The first kappa shape index (κ1) is 27.9. The molecule has 2 heterocycles. The van der Waals surface area contributed by atoms with E-state index in [0.717, 1.165) is 23.1 Å². The van der Waals surface area contributed by atoms with Crippen molar-refractivity contribution in [3.8, 4) is 11.1 Å². The lowest BCUT2D eigenvalue weighted by Crippen LogP contribution is -2.24. The van der Waals surface area contributed by atoms with Gasteiger partial charge in [-0.25, -0.2) is 9.78 Å². The molecule has 39 heavy (non-hydrogen) atoms. The fourth-order valence-electron chi connectivity index (χ4n) is 4.44. The summed E-state index contributed by atoms with van der Waals surface area (Å²) in [6, 6.07) is 15.2. The lowest BCUT2D eigenvalue weighted by atomic mass is 9.98. The summed E-state index contributed by atoms with van der Waals surface area (Å²) < 4.78 is 17.5. The van der Waals surface area contributed by atoms with Crippen molar-refractivity contribution in [1.82, 2.24) is 9.55 Å². The van der Waals surface area contributed by atoms with Crippen LogP contribution in [0, 0.1) is 5.41 Å². The molecule has 0 fully saturated rings. The molecule has 0 saturated heterocycles. The van der Waals surface area contributed by atoms with Crippen molar-refractivity contribution in [2.45, 2.75) is 59.2 Å². The number of hydrogen-bond donors (Lipinski definition) is 4. The lowest BCUT2D eigenvalue weighted by molar-refractivity contribution is -0.194. The fourth-order valence-corrected chi connectivity index (χ4v) is 4.44. The van der Waals surface area contributed by atoms with Crippen LogP contribution in [0.4, 0.5) is 0 Å². The van der Waals surface area contributed by atoms with Gasteiger partial charge < -0.3 is 34.7 Å². The minimum absolute atomic E-state index is 0.00497. The van der Waals surface area contributed by atoms with E-state index in [1.165, 1.54) is 0 Å². The van der Waals surface area contributed by atoms with E-state index in [-0.39, 0.29) is 29.6 Å². The smallest absolute Gasteiger partial charge is 0.358 e. The van der Waals surface area contributed by atoms with Crippen LogP contribution in [0.5, 0.6) is 0 Å². The fraction of sp³-hybridized carbons (Fsp3) is 0.345. The first-order valence-electron chi connectivity index (χ1n) is 12.7. The van der Waals surface area contributed by atoms with Crippen LogP contribution in [0.3, 0.4) is 0 Å². The monoisotopic (exact) mass is 534 g/mol. The number of nitrogens with two attached hydrogens (primary N) is 1. The number of carbonyl (C=O) groups excluding carboxylic acids is 1. The Kier molecular flexibility index (Phi) is 8.08. The van der Waals surface area contributed by atoms with Gasteiger partial charge in [0.05, 0.1) is 0 Å². The van der Waals surface area contributed by atoms with Crippen molar-refractivity contribution in [2.75, 3.05) is 6.61 Å². The van der Waals surface area contributed by atoms with Crippen LogP contribution >= 0.6 is 0 Å². The summed E-state index contributed by atoms with van der Waals surface area (Å²) in [5.74, 6) is 0.499. The highest BCUT2D eigenvalue weighted by Crippen LogP contribution is 2.29. The number of aliphatic hydroxyl groups excluding tert-OH is 1. The predicted octanol–water partition coefficient (Wildman–Crippen LogP) is 3.77. The zero-order valence-electron chi connectivity index (χ0n) is 22.5. The number of rotatable bonds is 10. The van der Waals surface area contributed by atoms with E-state index in [1.807, 2.05) is 55.5 Å². The zero-order valence-corrected chi connectivity index (χ0v) is 22.5.